The average Bonchev–Trinajstić information content (AvgIpc) is 2.34. The van der Waals surface area contributed by atoms with E-state index in [-0.39, 0.29) is 6.10 Å². The van der Waals surface area contributed by atoms with Crippen molar-refractivity contribution in [3.05, 3.63) is 21.1 Å². The van der Waals surface area contributed by atoms with Gasteiger partial charge in [0.05, 0.1) is 16.3 Å². The number of ether oxygens (including phenoxy) is 1. The summed E-state index contributed by atoms with van der Waals surface area (Å²) in [7, 11) is 0. The number of nitrogens with zero attached hydrogens (tertiary/aromatic N) is 2. The number of hydrogen-bond donors (Lipinski definition) is 0. The molecule has 0 bridgehead atoms. The molecule has 0 N–H and O–H groups in total. The zero-order chi connectivity index (χ0) is 13.1. The first-order valence-electron chi connectivity index (χ1n) is 6.41. The molecule has 3 nitrogen and oxygen atoms in total. The van der Waals surface area contributed by atoms with Crippen LogP contribution >= 0.6 is 27.5 Å². The maximum atomic E-state index is 6.14. The topological polar surface area (TPSA) is 35.0 Å². The number of rotatable bonds is 3. The zero-order valence-corrected chi connectivity index (χ0v) is 13.1. The van der Waals surface area contributed by atoms with E-state index in [1.54, 1.807) is 0 Å². The summed E-state index contributed by atoms with van der Waals surface area (Å²) in [5.41, 5.74) is 0.973. The van der Waals surface area contributed by atoms with E-state index < -0.39 is 0 Å². The van der Waals surface area contributed by atoms with E-state index >= 15 is 0 Å². The van der Waals surface area contributed by atoms with Gasteiger partial charge in [-0.05, 0) is 41.1 Å². The Morgan fingerprint density at radius 1 is 1.39 bits per heavy atom. The van der Waals surface area contributed by atoms with Gasteiger partial charge in [0.2, 0.25) is 0 Å². The van der Waals surface area contributed by atoms with Crippen molar-refractivity contribution in [3.63, 3.8) is 0 Å². The van der Waals surface area contributed by atoms with Crippen molar-refractivity contribution < 1.29 is 4.74 Å². The first kappa shape index (κ1) is 14.2. The van der Waals surface area contributed by atoms with Crippen molar-refractivity contribution in [3.8, 4) is 0 Å². The summed E-state index contributed by atoms with van der Waals surface area (Å²) in [6.45, 7) is 5.06. The Hall–Kier alpha value is -0.190. The van der Waals surface area contributed by atoms with Crippen LogP contribution < -0.4 is 0 Å². The van der Waals surface area contributed by atoms with E-state index in [0.717, 1.165) is 41.9 Å². The highest BCUT2D eigenvalue weighted by Gasteiger charge is 2.19. The molecule has 0 amide bonds. The van der Waals surface area contributed by atoms with Crippen LogP contribution in [0, 0.1) is 0 Å². The molecule has 0 radical (unpaired) electrons. The van der Waals surface area contributed by atoms with Crippen LogP contribution in [-0.2, 0) is 11.2 Å². The van der Waals surface area contributed by atoms with Crippen molar-refractivity contribution in [2.45, 2.75) is 51.6 Å². The van der Waals surface area contributed by atoms with Gasteiger partial charge in [-0.2, -0.15) is 0 Å². The van der Waals surface area contributed by atoms with Crippen LogP contribution in [0.5, 0.6) is 0 Å². The molecule has 5 heteroatoms. The molecule has 1 unspecified atom stereocenters. The molecule has 1 aliphatic rings. The lowest BCUT2D eigenvalue weighted by atomic mass is 10.1. The number of hydrogen-bond acceptors (Lipinski definition) is 3. The van der Waals surface area contributed by atoms with E-state index in [1.165, 1.54) is 6.42 Å². The Morgan fingerprint density at radius 3 is 2.78 bits per heavy atom. The molecule has 0 spiro atoms. The molecule has 1 atom stereocenters. The van der Waals surface area contributed by atoms with Gasteiger partial charge in [-0.15, -0.1) is 0 Å². The standard InChI is InChI=1S/C13H18BrClN2O/c1-8(2)12-11(14)13(15)17-10(16-12)7-9-5-3-4-6-18-9/h8-9H,3-7H2,1-2H3. The molecule has 2 heterocycles. The molecule has 1 aromatic rings. The van der Waals surface area contributed by atoms with Gasteiger partial charge >= 0.3 is 0 Å². The largest absolute Gasteiger partial charge is 0.378 e. The third-order valence-electron chi connectivity index (χ3n) is 3.11. The van der Waals surface area contributed by atoms with Crippen molar-refractivity contribution >= 4 is 27.5 Å². The number of aromatic nitrogens is 2. The predicted octanol–water partition coefficient (Wildman–Crippen LogP) is 4.13. The summed E-state index contributed by atoms with van der Waals surface area (Å²) in [5, 5.41) is 0.500. The van der Waals surface area contributed by atoms with Crippen LogP contribution in [-0.4, -0.2) is 22.7 Å². The second-order valence-electron chi connectivity index (χ2n) is 4.98. The second kappa shape index (κ2) is 6.31. The molecule has 0 aromatic carbocycles. The van der Waals surface area contributed by atoms with Gasteiger partial charge in [-0.1, -0.05) is 25.4 Å². The monoisotopic (exact) mass is 332 g/mol. The third-order valence-corrected chi connectivity index (χ3v) is 4.40. The summed E-state index contributed by atoms with van der Waals surface area (Å²) in [5.74, 6) is 1.12. The Labute approximate surface area is 121 Å². The Balaban J connectivity index is 2.17. The Morgan fingerprint density at radius 2 is 2.17 bits per heavy atom. The lowest BCUT2D eigenvalue weighted by Gasteiger charge is -2.22. The van der Waals surface area contributed by atoms with E-state index in [1.807, 2.05) is 0 Å². The summed E-state index contributed by atoms with van der Waals surface area (Å²) < 4.78 is 6.53. The molecule has 2 rings (SSSR count). The molecule has 100 valence electrons. The molecule has 0 aliphatic carbocycles. The lowest BCUT2D eigenvalue weighted by Crippen LogP contribution is -2.22. The van der Waals surface area contributed by atoms with Crippen molar-refractivity contribution in [2.75, 3.05) is 6.61 Å². The van der Waals surface area contributed by atoms with E-state index in [0.29, 0.717) is 11.1 Å². The maximum Gasteiger partial charge on any atom is 0.147 e. The molecule has 1 fully saturated rings. The van der Waals surface area contributed by atoms with Gasteiger partial charge < -0.3 is 4.74 Å². The summed E-state index contributed by atoms with van der Waals surface area (Å²) >= 11 is 9.59. The minimum atomic E-state index is 0.246. The molecule has 1 saturated heterocycles. The van der Waals surface area contributed by atoms with Gasteiger partial charge in [-0.3, -0.25) is 0 Å². The van der Waals surface area contributed by atoms with Crippen molar-refractivity contribution in [1.29, 1.82) is 0 Å². The van der Waals surface area contributed by atoms with Crippen LogP contribution in [0.1, 0.15) is 50.5 Å². The summed E-state index contributed by atoms with van der Waals surface area (Å²) in [6, 6.07) is 0. The Kier molecular flexibility index (Phi) is 4.98. The van der Waals surface area contributed by atoms with Crippen molar-refractivity contribution in [1.82, 2.24) is 9.97 Å². The molecule has 1 aromatic heterocycles. The molecule has 1 aliphatic heterocycles. The van der Waals surface area contributed by atoms with Crippen LogP contribution in [0.3, 0.4) is 0 Å². The van der Waals surface area contributed by atoms with Gasteiger partial charge in [0.1, 0.15) is 11.0 Å². The quantitative estimate of drug-likeness (QED) is 0.780. The first-order valence-corrected chi connectivity index (χ1v) is 7.58. The Bertz CT molecular complexity index is 420. The highest BCUT2D eigenvalue weighted by Crippen LogP contribution is 2.29. The zero-order valence-electron chi connectivity index (χ0n) is 10.7. The van der Waals surface area contributed by atoms with Crippen LogP contribution in [0.4, 0.5) is 0 Å². The highest BCUT2D eigenvalue weighted by molar-refractivity contribution is 9.10. The fourth-order valence-electron chi connectivity index (χ4n) is 2.13. The summed E-state index contributed by atoms with van der Waals surface area (Å²) in [6.07, 6.45) is 4.48. The van der Waals surface area contributed by atoms with Crippen LogP contribution in [0.2, 0.25) is 5.15 Å². The fourth-order valence-corrected chi connectivity index (χ4v) is 2.96. The SMILES string of the molecule is CC(C)c1nc(CC2CCCCO2)nc(Cl)c1Br. The average molecular weight is 334 g/mol. The maximum absolute atomic E-state index is 6.14. The molecule has 18 heavy (non-hydrogen) atoms. The van der Waals surface area contributed by atoms with Gasteiger partial charge in [0, 0.05) is 13.0 Å². The van der Waals surface area contributed by atoms with Crippen LogP contribution in [0.25, 0.3) is 0 Å². The normalized spacial score (nSPS) is 20.4. The predicted molar refractivity (Wildman–Crippen MR) is 76.1 cm³/mol. The van der Waals surface area contributed by atoms with Gasteiger partial charge in [0.15, 0.2) is 0 Å². The first-order chi connectivity index (χ1) is 8.58. The van der Waals surface area contributed by atoms with E-state index in [4.69, 9.17) is 16.3 Å². The minimum Gasteiger partial charge on any atom is -0.378 e. The highest BCUT2D eigenvalue weighted by atomic mass is 79.9. The molecule has 0 saturated carbocycles. The van der Waals surface area contributed by atoms with E-state index in [9.17, 15) is 0 Å². The number of halogens is 2. The second-order valence-corrected chi connectivity index (χ2v) is 6.13. The smallest absolute Gasteiger partial charge is 0.147 e. The summed E-state index contributed by atoms with van der Waals surface area (Å²) in [4.78, 5) is 8.94. The van der Waals surface area contributed by atoms with Gasteiger partial charge in [0.25, 0.3) is 0 Å². The third kappa shape index (κ3) is 3.43. The van der Waals surface area contributed by atoms with E-state index in [2.05, 4.69) is 39.7 Å². The molecular weight excluding hydrogens is 316 g/mol. The van der Waals surface area contributed by atoms with Gasteiger partial charge in [-0.25, -0.2) is 9.97 Å². The molecular formula is C13H18BrClN2O. The lowest BCUT2D eigenvalue weighted by molar-refractivity contribution is 0.0156. The minimum absolute atomic E-state index is 0.246. The van der Waals surface area contributed by atoms with Crippen molar-refractivity contribution in [2.24, 2.45) is 0 Å². The van der Waals surface area contributed by atoms with Crippen LogP contribution in [0.15, 0.2) is 4.47 Å². The fraction of sp³-hybridized carbons (Fsp3) is 0.692.